The molecule has 1 amide bonds. The average Bonchev–Trinajstić information content (AvgIpc) is 3.03. The molecule has 1 aliphatic rings. The van der Waals surface area contributed by atoms with Gasteiger partial charge in [-0.25, -0.2) is 8.78 Å². The fraction of sp³-hybridized carbons (Fsp3) is 0.273. The van der Waals surface area contributed by atoms with E-state index < -0.39 is 35.3 Å². The Morgan fingerprint density at radius 1 is 1.29 bits per heavy atom. The monoisotopic (exact) mass is 240 g/mol. The van der Waals surface area contributed by atoms with Gasteiger partial charge in [0, 0.05) is 23.9 Å². The first kappa shape index (κ1) is 11.5. The molecule has 1 N–H and O–H groups in total. The number of carbonyl (C=O) groups excluding carboxylic acids is 2. The summed E-state index contributed by atoms with van der Waals surface area (Å²) in [5.74, 6) is -4.94. The van der Waals surface area contributed by atoms with Crippen LogP contribution in [0.25, 0.3) is 0 Å². The predicted octanol–water partition coefficient (Wildman–Crippen LogP) is 0.289. The van der Waals surface area contributed by atoms with Gasteiger partial charge in [-0.3, -0.25) is 4.79 Å². The van der Waals surface area contributed by atoms with Crippen LogP contribution in [-0.2, 0) is 9.59 Å². The van der Waals surface area contributed by atoms with Gasteiger partial charge in [0.1, 0.15) is 11.6 Å². The minimum atomic E-state index is -1.30. The zero-order valence-electron chi connectivity index (χ0n) is 8.57. The van der Waals surface area contributed by atoms with E-state index >= 15 is 0 Å². The Morgan fingerprint density at radius 2 is 2.00 bits per heavy atom. The fourth-order valence-corrected chi connectivity index (χ4v) is 1.56. The number of aliphatic carboxylic acids is 1. The van der Waals surface area contributed by atoms with Crippen LogP contribution >= 0.6 is 0 Å². The molecule has 90 valence electrons. The maximum Gasteiger partial charge on any atom is 0.228 e. The fourth-order valence-electron chi connectivity index (χ4n) is 1.56. The molecule has 0 saturated heterocycles. The lowest BCUT2D eigenvalue weighted by Crippen LogP contribution is -2.27. The Labute approximate surface area is 95.2 Å². The molecular weight excluding hydrogens is 232 g/mol. The summed E-state index contributed by atoms with van der Waals surface area (Å²) in [5, 5.41) is 12.6. The number of benzene rings is 1. The third-order valence-electron chi connectivity index (χ3n) is 2.62. The second kappa shape index (κ2) is 4.12. The Balaban J connectivity index is 2.04. The van der Waals surface area contributed by atoms with Crippen molar-refractivity contribution >= 4 is 17.6 Å². The summed E-state index contributed by atoms with van der Waals surface area (Å²) in [6.45, 7) is 0. The summed E-state index contributed by atoms with van der Waals surface area (Å²) in [6, 6.07) is 2.64. The highest BCUT2D eigenvalue weighted by molar-refractivity contribution is 5.98. The average molecular weight is 240 g/mol. The van der Waals surface area contributed by atoms with Crippen LogP contribution in [0.1, 0.15) is 6.42 Å². The number of hydrogen-bond donors (Lipinski definition) is 1. The van der Waals surface area contributed by atoms with E-state index in [4.69, 9.17) is 0 Å². The summed E-state index contributed by atoms with van der Waals surface area (Å²) in [4.78, 5) is 21.9. The normalized spacial score (nSPS) is 22.0. The molecule has 0 bridgehead atoms. The van der Waals surface area contributed by atoms with Crippen molar-refractivity contribution in [2.45, 2.75) is 6.42 Å². The van der Waals surface area contributed by atoms with Gasteiger partial charge < -0.3 is 15.2 Å². The number of nitrogens with one attached hydrogen (secondary N) is 1. The van der Waals surface area contributed by atoms with Crippen molar-refractivity contribution in [3.63, 3.8) is 0 Å². The highest BCUT2D eigenvalue weighted by Gasteiger charge is 2.44. The molecule has 1 aliphatic carbocycles. The van der Waals surface area contributed by atoms with Gasteiger partial charge in [-0.1, -0.05) is 0 Å². The van der Waals surface area contributed by atoms with Crippen molar-refractivity contribution in [3.8, 4) is 0 Å². The van der Waals surface area contributed by atoms with Gasteiger partial charge in [0.25, 0.3) is 0 Å². The quantitative estimate of drug-likeness (QED) is 0.825. The molecule has 6 heteroatoms. The standard InChI is InChI=1S/C11H9F2NO3/c12-5-1-2-8(13)9(3-5)14-10(15)6-4-7(6)11(16)17/h1-3,6-7H,4H2,(H,14,15)(H,16,17)/p-1/t6-,7+/m1/s1. The topological polar surface area (TPSA) is 69.2 Å². The van der Waals surface area contributed by atoms with Crippen LogP contribution in [0.15, 0.2) is 18.2 Å². The Morgan fingerprint density at radius 3 is 2.59 bits per heavy atom. The van der Waals surface area contributed by atoms with Crippen molar-refractivity contribution in [3.05, 3.63) is 29.8 Å². The summed E-state index contributed by atoms with van der Waals surface area (Å²) < 4.78 is 26.0. The van der Waals surface area contributed by atoms with Gasteiger partial charge in [-0.05, 0) is 18.6 Å². The molecule has 1 saturated carbocycles. The molecule has 0 aliphatic heterocycles. The summed E-state index contributed by atoms with van der Waals surface area (Å²) in [7, 11) is 0. The molecule has 17 heavy (non-hydrogen) atoms. The van der Waals surface area contributed by atoms with Crippen LogP contribution in [0.3, 0.4) is 0 Å². The van der Waals surface area contributed by atoms with Crippen LogP contribution < -0.4 is 10.4 Å². The van der Waals surface area contributed by atoms with Crippen LogP contribution in [0.2, 0.25) is 0 Å². The number of halogens is 2. The Bertz CT molecular complexity index is 490. The molecule has 0 spiro atoms. The molecule has 2 atom stereocenters. The number of carbonyl (C=O) groups is 2. The molecule has 1 aromatic carbocycles. The number of carboxylic acid groups (broad SMARTS) is 1. The van der Waals surface area contributed by atoms with Gasteiger partial charge in [0.15, 0.2) is 0 Å². The maximum absolute atomic E-state index is 13.2. The van der Waals surface area contributed by atoms with Crippen molar-refractivity contribution < 1.29 is 23.5 Å². The third-order valence-corrected chi connectivity index (χ3v) is 2.62. The van der Waals surface area contributed by atoms with E-state index in [-0.39, 0.29) is 12.1 Å². The first-order valence-corrected chi connectivity index (χ1v) is 4.96. The van der Waals surface area contributed by atoms with Crippen LogP contribution in [0.4, 0.5) is 14.5 Å². The second-order valence-electron chi connectivity index (χ2n) is 3.88. The van der Waals surface area contributed by atoms with Gasteiger partial charge >= 0.3 is 0 Å². The first-order chi connectivity index (χ1) is 7.99. The van der Waals surface area contributed by atoms with E-state index in [1.54, 1.807) is 0 Å². The molecule has 0 unspecified atom stereocenters. The smallest absolute Gasteiger partial charge is 0.228 e. The molecular formula is C11H8F2NO3-. The minimum Gasteiger partial charge on any atom is -0.550 e. The first-order valence-electron chi connectivity index (χ1n) is 4.96. The van der Waals surface area contributed by atoms with Gasteiger partial charge in [-0.2, -0.15) is 0 Å². The highest BCUT2D eigenvalue weighted by atomic mass is 19.1. The van der Waals surface area contributed by atoms with Crippen LogP contribution in [0.5, 0.6) is 0 Å². The molecule has 1 aromatic rings. The summed E-state index contributed by atoms with van der Waals surface area (Å²) >= 11 is 0. The molecule has 4 nitrogen and oxygen atoms in total. The number of carboxylic acids is 1. The largest absolute Gasteiger partial charge is 0.550 e. The molecule has 0 heterocycles. The highest BCUT2D eigenvalue weighted by Crippen LogP contribution is 2.38. The number of rotatable bonds is 3. The lowest BCUT2D eigenvalue weighted by atomic mass is 10.2. The zero-order valence-corrected chi connectivity index (χ0v) is 8.57. The van der Waals surface area contributed by atoms with E-state index in [1.807, 2.05) is 0 Å². The summed E-state index contributed by atoms with van der Waals surface area (Å²) in [6.07, 6.45) is 0.172. The molecule has 0 radical (unpaired) electrons. The molecule has 2 rings (SSSR count). The van der Waals surface area contributed by atoms with E-state index in [9.17, 15) is 23.5 Å². The van der Waals surface area contributed by atoms with Gasteiger partial charge in [0.2, 0.25) is 5.91 Å². The van der Waals surface area contributed by atoms with E-state index in [0.717, 1.165) is 18.2 Å². The van der Waals surface area contributed by atoms with Crippen LogP contribution in [0, 0.1) is 23.5 Å². The number of amides is 1. The van der Waals surface area contributed by atoms with Crippen molar-refractivity contribution in [2.24, 2.45) is 11.8 Å². The number of hydrogen-bond acceptors (Lipinski definition) is 3. The minimum absolute atomic E-state index is 0.172. The van der Waals surface area contributed by atoms with E-state index in [2.05, 4.69) is 5.32 Å². The SMILES string of the molecule is O=C([O-])[C@H]1C[C@H]1C(=O)Nc1cc(F)ccc1F. The Kier molecular flexibility index (Phi) is 2.79. The second-order valence-corrected chi connectivity index (χ2v) is 3.88. The van der Waals surface area contributed by atoms with Crippen molar-refractivity contribution in [2.75, 3.05) is 5.32 Å². The van der Waals surface area contributed by atoms with Crippen molar-refractivity contribution in [1.29, 1.82) is 0 Å². The summed E-state index contributed by atoms with van der Waals surface area (Å²) in [5.41, 5.74) is -0.293. The lowest BCUT2D eigenvalue weighted by molar-refractivity contribution is -0.308. The Hall–Kier alpha value is -1.98. The zero-order chi connectivity index (χ0) is 12.6. The predicted molar refractivity (Wildman–Crippen MR) is 51.6 cm³/mol. The maximum atomic E-state index is 13.2. The van der Waals surface area contributed by atoms with Crippen LogP contribution in [-0.4, -0.2) is 11.9 Å². The lowest BCUT2D eigenvalue weighted by Gasteiger charge is -2.06. The third kappa shape index (κ3) is 2.41. The van der Waals surface area contributed by atoms with Gasteiger partial charge in [-0.15, -0.1) is 0 Å². The van der Waals surface area contributed by atoms with Crippen molar-refractivity contribution in [1.82, 2.24) is 0 Å². The molecule has 0 aromatic heterocycles. The number of anilines is 1. The van der Waals surface area contributed by atoms with E-state index in [0.29, 0.717) is 0 Å². The van der Waals surface area contributed by atoms with E-state index in [1.165, 1.54) is 0 Å². The molecule has 1 fully saturated rings. The van der Waals surface area contributed by atoms with Gasteiger partial charge in [0.05, 0.1) is 5.69 Å².